The maximum absolute atomic E-state index is 10.8. The van der Waals surface area contributed by atoms with Crippen molar-refractivity contribution in [2.45, 2.75) is 26.7 Å². The van der Waals surface area contributed by atoms with E-state index in [0.717, 1.165) is 0 Å². The van der Waals surface area contributed by atoms with Crippen LogP contribution >= 0.6 is 31.9 Å². The zero-order valence-corrected chi connectivity index (χ0v) is 14.1. The third-order valence-electron chi connectivity index (χ3n) is 2.92. The summed E-state index contributed by atoms with van der Waals surface area (Å²) in [6.45, 7) is 3.10. The van der Waals surface area contributed by atoms with Crippen molar-refractivity contribution in [1.82, 2.24) is 0 Å². The summed E-state index contributed by atoms with van der Waals surface area (Å²) in [6.07, 6.45) is 4.47. The molecule has 4 nitrogen and oxygen atoms in total. The van der Waals surface area contributed by atoms with Crippen molar-refractivity contribution >= 4 is 43.8 Å². The molecule has 0 saturated heterocycles. The molecular formula is C13H18Br2O4. The molecule has 19 heavy (non-hydrogen) atoms. The number of halogens is 2. The summed E-state index contributed by atoms with van der Waals surface area (Å²) in [5, 5.41) is 19.0. The third-order valence-corrected chi connectivity index (χ3v) is 5.30. The first-order chi connectivity index (χ1) is 8.78. The number of alkyl halides is 2. The Morgan fingerprint density at radius 3 is 1.47 bits per heavy atom. The zero-order chi connectivity index (χ0) is 15.1. The fraction of sp³-hybridized carbons (Fsp3) is 0.538. The summed E-state index contributed by atoms with van der Waals surface area (Å²) in [6, 6.07) is 0. The van der Waals surface area contributed by atoms with Gasteiger partial charge < -0.3 is 10.2 Å². The van der Waals surface area contributed by atoms with Crippen LogP contribution in [-0.4, -0.2) is 32.8 Å². The molecule has 0 rings (SSSR count). The van der Waals surface area contributed by atoms with Crippen molar-refractivity contribution < 1.29 is 19.8 Å². The number of allylic oxidation sites excluding steroid dienone is 2. The monoisotopic (exact) mass is 396 g/mol. The zero-order valence-electron chi connectivity index (χ0n) is 10.9. The lowest BCUT2D eigenvalue weighted by molar-refractivity contribution is -0.133. The summed E-state index contributed by atoms with van der Waals surface area (Å²) < 4.78 is 0. The molecule has 2 N–H and O–H groups in total. The predicted molar refractivity (Wildman–Crippen MR) is 82.0 cm³/mol. The summed E-state index contributed by atoms with van der Waals surface area (Å²) >= 11 is 6.85. The molecule has 0 aromatic heterocycles. The van der Waals surface area contributed by atoms with Crippen LogP contribution in [-0.2, 0) is 9.59 Å². The molecule has 0 spiro atoms. The Bertz CT molecular complexity index is 361. The molecule has 0 heterocycles. The minimum absolute atomic E-state index is 0.229. The molecule has 0 aromatic rings. The minimum Gasteiger partial charge on any atom is -0.478 e. The van der Waals surface area contributed by atoms with Gasteiger partial charge in [-0.05, 0) is 32.1 Å². The van der Waals surface area contributed by atoms with E-state index in [1.165, 1.54) is 0 Å². The van der Waals surface area contributed by atoms with Gasteiger partial charge in [-0.3, -0.25) is 0 Å². The Morgan fingerprint density at radius 1 is 0.947 bits per heavy atom. The second kappa shape index (κ2) is 8.53. The highest BCUT2D eigenvalue weighted by Crippen LogP contribution is 2.33. The molecule has 0 aliphatic rings. The van der Waals surface area contributed by atoms with Crippen LogP contribution < -0.4 is 0 Å². The largest absolute Gasteiger partial charge is 0.478 e. The maximum atomic E-state index is 10.8. The topological polar surface area (TPSA) is 74.6 Å². The van der Waals surface area contributed by atoms with Crippen LogP contribution in [0.1, 0.15) is 26.7 Å². The first-order valence-corrected chi connectivity index (χ1v) is 7.94. The second-order valence-corrected chi connectivity index (χ2v) is 5.68. The van der Waals surface area contributed by atoms with Crippen LogP contribution in [0.2, 0.25) is 0 Å². The van der Waals surface area contributed by atoms with Gasteiger partial charge in [-0.25, -0.2) is 9.59 Å². The van der Waals surface area contributed by atoms with E-state index in [1.807, 2.05) is 0 Å². The molecule has 0 saturated carbocycles. The number of hydrogen-bond donors (Lipinski definition) is 2. The van der Waals surface area contributed by atoms with Crippen molar-refractivity contribution in [3.8, 4) is 0 Å². The summed E-state index contributed by atoms with van der Waals surface area (Å²) in [7, 11) is 0. The van der Waals surface area contributed by atoms with Crippen LogP contribution in [0.4, 0.5) is 0 Å². The molecule has 0 bridgehead atoms. The average molecular weight is 398 g/mol. The molecule has 0 fully saturated rings. The van der Waals surface area contributed by atoms with Crippen LogP contribution in [0.3, 0.4) is 0 Å². The molecule has 0 aliphatic carbocycles. The lowest BCUT2D eigenvalue weighted by Crippen LogP contribution is -2.24. The molecule has 0 aromatic carbocycles. The Morgan fingerprint density at radius 2 is 1.26 bits per heavy atom. The Kier molecular flexibility index (Phi) is 8.25. The lowest BCUT2D eigenvalue weighted by atomic mass is 9.84. The first kappa shape index (κ1) is 18.4. The molecule has 0 aliphatic heterocycles. The molecular weight excluding hydrogens is 380 g/mol. The minimum atomic E-state index is -0.935. The number of rotatable bonds is 8. The molecule has 0 radical (unpaired) electrons. The SMILES string of the molecule is CC(=CCC(CBr)(CBr)CC=C(C)C(=O)O)C(=O)O. The van der Waals surface area contributed by atoms with Gasteiger partial charge in [0.2, 0.25) is 0 Å². The number of carbonyl (C=O) groups is 2. The van der Waals surface area contributed by atoms with Crippen LogP contribution in [0.15, 0.2) is 23.3 Å². The maximum Gasteiger partial charge on any atom is 0.330 e. The van der Waals surface area contributed by atoms with Gasteiger partial charge in [0, 0.05) is 21.8 Å². The Labute approximate surface area is 129 Å². The fourth-order valence-electron chi connectivity index (χ4n) is 1.25. The van der Waals surface area contributed by atoms with E-state index in [2.05, 4.69) is 31.9 Å². The summed E-state index contributed by atoms with van der Waals surface area (Å²) in [5.41, 5.74) is 0.364. The standard InChI is InChI=1S/C13H18Br2O4/c1-9(11(16)17)3-5-13(7-14,8-15)6-4-10(2)12(18)19/h3-4H,5-8H2,1-2H3,(H,16,17)(H,18,19). The lowest BCUT2D eigenvalue weighted by Gasteiger charge is -2.27. The summed E-state index contributed by atoms with van der Waals surface area (Å²) in [4.78, 5) is 21.5. The summed E-state index contributed by atoms with van der Waals surface area (Å²) in [5.74, 6) is -1.87. The van der Waals surface area contributed by atoms with Gasteiger partial charge in [-0.1, -0.05) is 44.0 Å². The van der Waals surface area contributed by atoms with E-state index in [1.54, 1.807) is 26.0 Å². The Hall–Kier alpha value is -0.620. The van der Waals surface area contributed by atoms with E-state index < -0.39 is 11.9 Å². The highest BCUT2D eigenvalue weighted by atomic mass is 79.9. The smallest absolute Gasteiger partial charge is 0.330 e. The first-order valence-electron chi connectivity index (χ1n) is 5.70. The van der Waals surface area contributed by atoms with Gasteiger partial charge in [0.05, 0.1) is 0 Å². The van der Waals surface area contributed by atoms with Crippen molar-refractivity contribution in [2.24, 2.45) is 5.41 Å². The normalized spacial score (nSPS) is 13.5. The third kappa shape index (κ3) is 6.38. The molecule has 0 atom stereocenters. The van der Waals surface area contributed by atoms with E-state index >= 15 is 0 Å². The van der Waals surface area contributed by atoms with Gasteiger partial charge >= 0.3 is 11.9 Å². The number of carboxylic acids is 2. The van der Waals surface area contributed by atoms with Gasteiger partial charge in [0.15, 0.2) is 0 Å². The highest BCUT2D eigenvalue weighted by molar-refractivity contribution is 9.09. The number of hydrogen-bond acceptors (Lipinski definition) is 2. The van der Waals surface area contributed by atoms with Gasteiger partial charge in [0.25, 0.3) is 0 Å². The predicted octanol–water partition coefficient (Wildman–Crippen LogP) is 3.60. The van der Waals surface area contributed by atoms with E-state index in [9.17, 15) is 9.59 Å². The molecule has 108 valence electrons. The second-order valence-electron chi connectivity index (χ2n) is 4.56. The molecule has 0 unspecified atom stereocenters. The number of aliphatic carboxylic acids is 2. The van der Waals surface area contributed by atoms with E-state index in [4.69, 9.17) is 10.2 Å². The fourth-order valence-corrected chi connectivity index (χ4v) is 3.10. The van der Waals surface area contributed by atoms with Crippen molar-refractivity contribution in [1.29, 1.82) is 0 Å². The van der Waals surface area contributed by atoms with Gasteiger partial charge in [0.1, 0.15) is 0 Å². The van der Waals surface area contributed by atoms with Crippen LogP contribution in [0, 0.1) is 5.41 Å². The molecule has 6 heteroatoms. The van der Waals surface area contributed by atoms with Crippen LogP contribution in [0.5, 0.6) is 0 Å². The molecule has 0 amide bonds. The van der Waals surface area contributed by atoms with Crippen LogP contribution in [0.25, 0.3) is 0 Å². The Balaban J connectivity index is 4.96. The van der Waals surface area contributed by atoms with Gasteiger partial charge in [-0.2, -0.15) is 0 Å². The van der Waals surface area contributed by atoms with Crippen molar-refractivity contribution in [3.05, 3.63) is 23.3 Å². The van der Waals surface area contributed by atoms with Crippen molar-refractivity contribution in [3.63, 3.8) is 0 Å². The highest BCUT2D eigenvalue weighted by Gasteiger charge is 2.26. The van der Waals surface area contributed by atoms with E-state index in [-0.39, 0.29) is 5.41 Å². The quantitative estimate of drug-likeness (QED) is 0.484. The van der Waals surface area contributed by atoms with E-state index in [0.29, 0.717) is 34.6 Å². The van der Waals surface area contributed by atoms with Gasteiger partial charge in [-0.15, -0.1) is 0 Å². The number of carboxylic acid groups (broad SMARTS) is 2. The van der Waals surface area contributed by atoms with Crippen molar-refractivity contribution in [2.75, 3.05) is 10.7 Å². The average Bonchev–Trinajstić information content (AvgIpc) is 2.38.